The van der Waals surface area contributed by atoms with Crippen LogP contribution in [0.3, 0.4) is 0 Å². The average molecular weight is 354 g/mol. The second-order valence-corrected chi connectivity index (χ2v) is 8.17. The van der Waals surface area contributed by atoms with E-state index in [1.54, 1.807) is 11.3 Å². The monoisotopic (exact) mass is 354 g/mol. The minimum atomic E-state index is -3.71. The number of hydrogen-bond acceptors (Lipinski definition) is 4. The van der Waals surface area contributed by atoms with Gasteiger partial charge in [0.2, 0.25) is 10.0 Å². The van der Waals surface area contributed by atoms with Gasteiger partial charge in [-0.3, -0.25) is 4.90 Å². The second-order valence-electron chi connectivity index (χ2n) is 5.62. The molecule has 4 nitrogen and oxygen atoms in total. The van der Waals surface area contributed by atoms with Gasteiger partial charge in [0, 0.05) is 12.6 Å². The molecular weight excluding hydrogens is 335 g/mol. The predicted octanol–water partition coefficient (Wildman–Crippen LogP) is 3.00. The number of nitrogens with one attached hydrogen (secondary N) is 1. The third-order valence-electron chi connectivity index (χ3n) is 4.08. The first-order valence-corrected chi connectivity index (χ1v) is 10.0. The maximum absolute atomic E-state index is 13.3. The molecule has 124 valence electrons. The molecule has 1 unspecified atom stereocenters. The fourth-order valence-corrected chi connectivity index (χ4v) is 4.66. The first kappa shape index (κ1) is 16.6. The van der Waals surface area contributed by atoms with Crippen LogP contribution in [-0.4, -0.2) is 33.0 Å². The molecule has 0 amide bonds. The molecule has 0 aliphatic carbocycles. The van der Waals surface area contributed by atoms with Gasteiger partial charge in [-0.2, -0.15) is 11.3 Å². The summed E-state index contributed by atoms with van der Waals surface area (Å²) >= 11 is 1.60. The Labute approximate surface area is 140 Å². The van der Waals surface area contributed by atoms with Crippen LogP contribution in [0.15, 0.2) is 46.0 Å². The molecule has 1 aromatic heterocycles. The summed E-state index contributed by atoms with van der Waals surface area (Å²) in [4.78, 5) is 2.26. The molecule has 3 rings (SSSR count). The van der Waals surface area contributed by atoms with Gasteiger partial charge >= 0.3 is 0 Å². The number of halogens is 1. The molecule has 1 aliphatic heterocycles. The van der Waals surface area contributed by atoms with E-state index in [-0.39, 0.29) is 17.5 Å². The van der Waals surface area contributed by atoms with Crippen LogP contribution in [0.1, 0.15) is 24.4 Å². The molecule has 1 aromatic carbocycles. The first-order chi connectivity index (χ1) is 11.1. The summed E-state index contributed by atoms with van der Waals surface area (Å²) < 4.78 is 40.7. The van der Waals surface area contributed by atoms with Gasteiger partial charge < -0.3 is 0 Å². The number of nitrogens with zero attached hydrogens (tertiary/aromatic N) is 1. The fourth-order valence-electron chi connectivity index (χ4n) is 2.88. The maximum Gasteiger partial charge on any atom is 0.240 e. The van der Waals surface area contributed by atoms with Crippen molar-refractivity contribution in [3.63, 3.8) is 0 Å². The molecule has 1 N–H and O–H groups in total. The third-order valence-corrected chi connectivity index (χ3v) is 6.21. The summed E-state index contributed by atoms with van der Waals surface area (Å²) in [5.74, 6) is -0.554. The summed E-state index contributed by atoms with van der Waals surface area (Å²) in [6.45, 7) is 2.24. The van der Waals surface area contributed by atoms with Crippen LogP contribution in [0.4, 0.5) is 4.39 Å². The quantitative estimate of drug-likeness (QED) is 0.868. The number of sulfonamides is 1. The van der Waals surface area contributed by atoms with Crippen LogP contribution >= 0.6 is 11.3 Å². The van der Waals surface area contributed by atoms with E-state index in [1.807, 2.05) is 11.4 Å². The second kappa shape index (κ2) is 7.09. The molecule has 0 radical (unpaired) electrons. The lowest BCUT2D eigenvalue weighted by Crippen LogP contribution is -2.36. The molecule has 1 fully saturated rings. The largest absolute Gasteiger partial charge is 0.295 e. The Morgan fingerprint density at radius 3 is 2.70 bits per heavy atom. The number of thiophene rings is 1. The Hall–Kier alpha value is -1.28. The van der Waals surface area contributed by atoms with Crippen molar-refractivity contribution in [1.29, 1.82) is 0 Å². The van der Waals surface area contributed by atoms with Crippen molar-refractivity contribution in [3.8, 4) is 0 Å². The zero-order valence-corrected chi connectivity index (χ0v) is 14.2. The van der Waals surface area contributed by atoms with Gasteiger partial charge in [-0.05, 0) is 66.5 Å². The van der Waals surface area contributed by atoms with Crippen molar-refractivity contribution < 1.29 is 12.8 Å². The molecule has 0 spiro atoms. The van der Waals surface area contributed by atoms with Crippen molar-refractivity contribution >= 4 is 21.4 Å². The normalized spacial score (nSPS) is 17.4. The van der Waals surface area contributed by atoms with Gasteiger partial charge in [-0.25, -0.2) is 17.5 Å². The molecule has 23 heavy (non-hydrogen) atoms. The molecule has 2 heterocycles. The van der Waals surface area contributed by atoms with Gasteiger partial charge in [-0.1, -0.05) is 6.07 Å². The molecule has 1 saturated heterocycles. The summed E-state index contributed by atoms with van der Waals surface area (Å²) in [5.41, 5.74) is 1.12. The SMILES string of the molecule is O=S(=O)(NCC(c1ccsc1)N1CCCC1)c1cccc(F)c1. The van der Waals surface area contributed by atoms with E-state index in [1.165, 1.54) is 18.2 Å². The highest BCUT2D eigenvalue weighted by atomic mass is 32.2. The van der Waals surface area contributed by atoms with Crippen molar-refractivity contribution in [1.82, 2.24) is 9.62 Å². The maximum atomic E-state index is 13.3. The Morgan fingerprint density at radius 2 is 2.04 bits per heavy atom. The molecule has 7 heteroatoms. The molecule has 1 aliphatic rings. The Kier molecular flexibility index (Phi) is 5.11. The average Bonchev–Trinajstić information content (AvgIpc) is 3.21. The fraction of sp³-hybridized carbons (Fsp3) is 0.375. The van der Waals surface area contributed by atoms with Crippen LogP contribution in [0.5, 0.6) is 0 Å². The van der Waals surface area contributed by atoms with E-state index in [0.717, 1.165) is 37.6 Å². The Balaban J connectivity index is 1.76. The summed E-state index contributed by atoms with van der Waals surface area (Å²) in [6.07, 6.45) is 2.27. The van der Waals surface area contributed by atoms with Crippen LogP contribution in [0.2, 0.25) is 0 Å². The van der Waals surface area contributed by atoms with E-state index in [4.69, 9.17) is 0 Å². The van der Waals surface area contributed by atoms with Crippen LogP contribution in [0.25, 0.3) is 0 Å². The van der Waals surface area contributed by atoms with Gasteiger partial charge in [0.25, 0.3) is 0 Å². The molecule has 0 saturated carbocycles. The molecule has 2 aromatic rings. The Bertz CT molecular complexity index is 741. The topological polar surface area (TPSA) is 49.4 Å². The summed E-state index contributed by atoms with van der Waals surface area (Å²) in [7, 11) is -3.71. The van der Waals surface area contributed by atoms with Crippen LogP contribution in [0, 0.1) is 5.82 Å². The van der Waals surface area contributed by atoms with Gasteiger partial charge in [0.05, 0.1) is 4.90 Å². The number of hydrogen-bond donors (Lipinski definition) is 1. The van der Waals surface area contributed by atoms with Crippen molar-refractivity contribution in [2.45, 2.75) is 23.8 Å². The Morgan fingerprint density at radius 1 is 1.26 bits per heavy atom. The van der Waals surface area contributed by atoms with E-state index >= 15 is 0 Å². The van der Waals surface area contributed by atoms with Crippen LogP contribution in [-0.2, 0) is 10.0 Å². The lowest BCUT2D eigenvalue weighted by atomic mass is 10.1. The smallest absolute Gasteiger partial charge is 0.240 e. The van der Waals surface area contributed by atoms with Gasteiger partial charge in [0.15, 0.2) is 0 Å². The van der Waals surface area contributed by atoms with E-state index in [0.29, 0.717) is 0 Å². The molecule has 0 bridgehead atoms. The summed E-state index contributed by atoms with van der Waals surface area (Å²) in [5, 5.41) is 4.05. The van der Waals surface area contributed by atoms with E-state index in [9.17, 15) is 12.8 Å². The summed E-state index contributed by atoms with van der Waals surface area (Å²) in [6, 6.07) is 7.13. The van der Waals surface area contributed by atoms with Crippen molar-refractivity contribution in [3.05, 3.63) is 52.5 Å². The highest BCUT2D eigenvalue weighted by Gasteiger charge is 2.26. The highest BCUT2D eigenvalue weighted by Crippen LogP contribution is 2.26. The van der Waals surface area contributed by atoms with Crippen molar-refractivity contribution in [2.75, 3.05) is 19.6 Å². The van der Waals surface area contributed by atoms with Gasteiger partial charge in [0.1, 0.15) is 5.82 Å². The van der Waals surface area contributed by atoms with E-state index in [2.05, 4.69) is 15.0 Å². The van der Waals surface area contributed by atoms with Crippen molar-refractivity contribution in [2.24, 2.45) is 0 Å². The molecular formula is C16H19FN2O2S2. The number of likely N-dealkylation sites (tertiary alicyclic amines) is 1. The van der Waals surface area contributed by atoms with Gasteiger partial charge in [-0.15, -0.1) is 0 Å². The lowest BCUT2D eigenvalue weighted by molar-refractivity contribution is 0.247. The zero-order valence-electron chi connectivity index (χ0n) is 12.6. The third kappa shape index (κ3) is 3.98. The first-order valence-electron chi connectivity index (χ1n) is 7.58. The minimum Gasteiger partial charge on any atom is -0.295 e. The van der Waals surface area contributed by atoms with E-state index < -0.39 is 15.8 Å². The number of rotatable bonds is 6. The molecule has 1 atom stereocenters. The highest BCUT2D eigenvalue weighted by molar-refractivity contribution is 7.89. The predicted molar refractivity (Wildman–Crippen MR) is 89.5 cm³/mol. The lowest BCUT2D eigenvalue weighted by Gasteiger charge is -2.27. The standard InChI is InChI=1S/C16H19FN2O2S2/c17-14-4-3-5-15(10-14)23(20,21)18-11-16(13-6-9-22-12-13)19-7-1-2-8-19/h3-6,9-10,12,16,18H,1-2,7-8,11H2. The zero-order chi connectivity index (χ0) is 16.3. The minimum absolute atomic E-state index is 0.0204. The number of benzene rings is 1. The van der Waals surface area contributed by atoms with Crippen LogP contribution < -0.4 is 4.72 Å².